The van der Waals surface area contributed by atoms with Crippen LogP contribution in [0.1, 0.15) is 151 Å². The van der Waals surface area contributed by atoms with Gasteiger partial charge >= 0.3 is 32.1 Å². The SMILES string of the molecule is C=CCCCCC[C@H](CC)C(=O)O.C=CCCCCC[C@H](CC)C(=O)OC.C=CCCCCC[C@H](N)C(=O)OC.Cc1cc(B(O)O)ccc1F.Cc1ccc(B(O)O)cc1F.Cc1ccccc1F.Cc1ccccc1F.Cc1ccccc1F. The molecule has 86 heavy (non-hydrogen) atoms. The van der Waals surface area contributed by atoms with Crippen molar-refractivity contribution in [2.75, 3.05) is 14.2 Å². The van der Waals surface area contributed by atoms with Crippen LogP contribution in [0, 0.1) is 75.5 Å². The van der Waals surface area contributed by atoms with Gasteiger partial charge in [0, 0.05) is 0 Å². The highest BCUT2D eigenvalue weighted by Gasteiger charge is 2.17. The van der Waals surface area contributed by atoms with E-state index < -0.39 is 32.1 Å². The molecule has 0 heterocycles. The molecule has 5 aromatic carbocycles. The average molecular weight is 1210 g/mol. The number of carboxylic acid groups (broad SMARTS) is 1. The van der Waals surface area contributed by atoms with E-state index in [1.807, 2.05) is 50.3 Å². The number of ether oxygens (including phenoxy) is 2. The summed E-state index contributed by atoms with van der Waals surface area (Å²) < 4.78 is 71.5. The lowest BCUT2D eigenvalue weighted by Crippen LogP contribution is -2.31. The third kappa shape index (κ3) is 43.9. The summed E-state index contributed by atoms with van der Waals surface area (Å²) in [5, 5.41) is 43.4. The smallest absolute Gasteiger partial charge is 0.481 e. The Hall–Kier alpha value is -6.69. The predicted molar refractivity (Wildman–Crippen MR) is 342 cm³/mol. The molecule has 5 aromatic rings. The summed E-state index contributed by atoms with van der Waals surface area (Å²) in [5.74, 6) is -2.21. The van der Waals surface area contributed by atoms with Crippen LogP contribution in [-0.4, -0.2) is 77.6 Å². The normalized spacial score (nSPS) is 10.8. The largest absolute Gasteiger partial charge is 0.488 e. The Morgan fingerprint density at radius 1 is 0.465 bits per heavy atom. The third-order valence-electron chi connectivity index (χ3n) is 12.9. The van der Waals surface area contributed by atoms with E-state index in [-0.39, 0.29) is 52.5 Å². The van der Waals surface area contributed by atoms with Crippen molar-refractivity contribution in [3.05, 3.63) is 204 Å². The Labute approximate surface area is 511 Å². The van der Waals surface area contributed by atoms with Crippen molar-refractivity contribution in [3.8, 4) is 0 Å². The number of unbranched alkanes of at least 4 members (excludes halogenated alkanes) is 9. The first-order valence-electron chi connectivity index (χ1n) is 29.2. The van der Waals surface area contributed by atoms with Gasteiger partial charge in [-0.05, 0) is 174 Å². The molecule has 476 valence electrons. The molecule has 0 aliphatic carbocycles. The Morgan fingerprint density at radius 3 is 1.10 bits per heavy atom. The van der Waals surface area contributed by atoms with E-state index in [9.17, 15) is 36.3 Å². The second-order valence-electron chi connectivity index (χ2n) is 20.0. The van der Waals surface area contributed by atoms with Crippen molar-refractivity contribution in [2.45, 2.75) is 164 Å². The summed E-state index contributed by atoms with van der Waals surface area (Å²) in [6.45, 7) is 23.3. The van der Waals surface area contributed by atoms with Crippen LogP contribution in [0.3, 0.4) is 0 Å². The number of benzene rings is 5. The van der Waals surface area contributed by atoms with Gasteiger partial charge in [-0.15, -0.1) is 19.7 Å². The van der Waals surface area contributed by atoms with Gasteiger partial charge in [0.2, 0.25) is 0 Å². The van der Waals surface area contributed by atoms with E-state index in [0.717, 1.165) is 96.0 Å². The minimum atomic E-state index is -1.59. The highest BCUT2D eigenvalue weighted by molar-refractivity contribution is 6.58. The van der Waals surface area contributed by atoms with Crippen molar-refractivity contribution in [1.29, 1.82) is 0 Å². The lowest BCUT2D eigenvalue weighted by molar-refractivity contribution is -0.146. The van der Waals surface area contributed by atoms with Crippen LogP contribution < -0.4 is 16.7 Å². The summed E-state index contributed by atoms with van der Waals surface area (Å²) in [4.78, 5) is 32.7. The van der Waals surface area contributed by atoms with E-state index in [2.05, 4.69) is 24.5 Å². The van der Waals surface area contributed by atoms with Crippen molar-refractivity contribution in [3.63, 3.8) is 0 Å². The maximum Gasteiger partial charge on any atom is 0.488 e. The van der Waals surface area contributed by atoms with E-state index in [1.165, 1.54) is 75.6 Å². The zero-order valence-corrected chi connectivity index (χ0v) is 52.4. The van der Waals surface area contributed by atoms with Gasteiger partial charge in [-0.1, -0.05) is 149 Å². The molecule has 0 aliphatic rings. The van der Waals surface area contributed by atoms with Gasteiger partial charge in [0.15, 0.2) is 0 Å². The molecule has 5 rings (SSSR count). The number of halogens is 5. The van der Waals surface area contributed by atoms with Crippen LogP contribution in [0.5, 0.6) is 0 Å². The summed E-state index contributed by atoms with van der Waals surface area (Å²) in [7, 11) is -0.290. The number of hydrogen-bond donors (Lipinski definition) is 6. The Kier molecular flexibility index (Phi) is 52.2. The summed E-state index contributed by atoms with van der Waals surface area (Å²) in [5.41, 5.74) is 9.04. The summed E-state index contributed by atoms with van der Waals surface area (Å²) >= 11 is 0. The van der Waals surface area contributed by atoms with Gasteiger partial charge in [-0.3, -0.25) is 14.4 Å². The van der Waals surface area contributed by atoms with Crippen LogP contribution in [0.25, 0.3) is 0 Å². The molecule has 0 saturated heterocycles. The van der Waals surface area contributed by atoms with Crippen LogP contribution >= 0.6 is 0 Å². The first-order chi connectivity index (χ1) is 40.8. The zero-order valence-electron chi connectivity index (χ0n) is 52.4. The van der Waals surface area contributed by atoms with Crippen LogP contribution in [0.2, 0.25) is 0 Å². The number of aliphatic carboxylic acids is 1. The lowest BCUT2D eigenvalue weighted by Gasteiger charge is -2.11. The standard InChI is InChI=1S/C12H22O2.C11H20O2.C10H19NO2.2C7H8BFO2.3C7H7F/c1-4-6-7-8-9-10-11(5-2)12(13)14-3;1-3-5-6-7-8-9-10(4-2)11(12)13;1-3-4-5-6-7-8-9(11)10(12)13-2;1-5-4-6(8(10)11)2-3-7(5)9;1-5-2-3-6(8(10)11)4-7(5)9;3*1-6-4-2-3-5-7(6)8/h4,11H,1,5-10H2,2-3H3;3,10H,1,4-9H2,2H3,(H,12,13);3,9H,1,4-8,11H2,2H3;2*2-4,10-11H,1H3;3*2-5H,1H3/t11-;10-;9-;;;;;/m000...../s1. The fourth-order valence-corrected chi connectivity index (χ4v) is 7.22. The molecule has 0 radical (unpaired) electrons. The Balaban J connectivity index is -0.000000922. The molecule has 0 unspecified atom stereocenters. The topological polar surface area (TPSA) is 197 Å². The fourth-order valence-electron chi connectivity index (χ4n) is 7.22. The summed E-state index contributed by atoms with van der Waals surface area (Å²) in [6, 6.07) is 27.7. The van der Waals surface area contributed by atoms with Gasteiger partial charge in [0.1, 0.15) is 35.1 Å². The number of esters is 2. The first-order valence-corrected chi connectivity index (χ1v) is 29.2. The van der Waals surface area contributed by atoms with E-state index in [0.29, 0.717) is 39.7 Å². The molecule has 3 atom stereocenters. The predicted octanol–water partition coefficient (Wildman–Crippen LogP) is 14.2. The molecule has 0 amide bonds. The number of rotatable bonds is 25. The number of carboxylic acids is 1. The molecule has 0 bridgehead atoms. The van der Waals surface area contributed by atoms with Gasteiger partial charge in [0.25, 0.3) is 0 Å². The molecule has 18 heteroatoms. The first kappa shape index (κ1) is 83.5. The average Bonchev–Trinajstić information content (AvgIpc) is 3.62. The minimum Gasteiger partial charge on any atom is -0.481 e. The lowest BCUT2D eigenvalue weighted by atomic mass is 9.80. The highest BCUT2D eigenvalue weighted by atomic mass is 19.1. The number of nitrogens with two attached hydrogens (primary N) is 1. The Bertz CT molecular complexity index is 2390. The number of aryl methyl sites for hydroxylation is 5. The maximum absolute atomic E-state index is 12.7. The number of carbonyl (C=O) groups is 3. The quantitative estimate of drug-likeness (QED) is 0.0107. The van der Waals surface area contributed by atoms with Gasteiger partial charge in [-0.2, -0.15) is 0 Å². The zero-order chi connectivity index (χ0) is 65.8. The monoisotopic (exact) mass is 1210 g/mol. The molecule has 0 aromatic heterocycles. The minimum absolute atomic E-state index is 0.0591. The highest BCUT2D eigenvalue weighted by Crippen LogP contribution is 2.17. The van der Waals surface area contributed by atoms with E-state index >= 15 is 0 Å². The molecule has 0 fully saturated rings. The number of hydrogen-bond acceptors (Lipinski definition) is 10. The second-order valence-corrected chi connectivity index (χ2v) is 20.0. The molecule has 0 aliphatic heterocycles. The molecular formula is C68H98B2F5NO10. The Morgan fingerprint density at radius 2 is 0.802 bits per heavy atom. The van der Waals surface area contributed by atoms with Crippen LogP contribution in [0.4, 0.5) is 22.0 Å². The van der Waals surface area contributed by atoms with Gasteiger partial charge < -0.3 is 40.4 Å². The number of allylic oxidation sites excluding steroid dienone is 3. The van der Waals surface area contributed by atoms with Crippen LogP contribution in [0.15, 0.2) is 147 Å². The molecule has 7 N–H and O–H groups in total. The summed E-state index contributed by atoms with van der Waals surface area (Å²) in [6.07, 6.45) is 23.0. The van der Waals surface area contributed by atoms with Crippen LogP contribution in [-0.2, 0) is 23.9 Å². The fraction of sp³-hybridized carbons (Fsp3) is 0.426. The van der Waals surface area contributed by atoms with E-state index in [1.54, 1.807) is 71.0 Å². The van der Waals surface area contributed by atoms with E-state index in [4.69, 9.17) is 35.7 Å². The molecule has 0 saturated carbocycles. The van der Waals surface area contributed by atoms with Crippen molar-refractivity contribution >= 4 is 43.1 Å². The van der Waals surface area contributed by atoms with Crippen molar-refractivity contribution in [1.82, 2.24) is 0 Å². The van der Waals surface area contributed by atoms with Gasteiger partial charge in [-0.25, -0.2) is 22.0 Å². The van der Waals surface area contributed by atoms with Gasteiger partial charge in [0.05, 0.1) is 26.1 Å². The number of carbonyl (C=O) groups excluding carboxylic acids is 2. The van der Waals surface area contributed by atoms with Crippen molar-refractivity contribution < 1.29 is 71.0 Å². The molecule has 11 nitrogen and oxygen atoms in total. The van der Waals surface area contributed by atoms with Crippen molar-refractivity contribution in [2.24, 2.45) is 17.6 Å². The second kappa shape index (κ2) is 53.8. The third-order valence-corrected chi connectivity index (χ3v) is 12.9. The molecular weight excluding hydrogens is 1110 g/mol. The molecule has 0 spiro atoms. The number of methoxy groups -OCH3 is 2. The maximum atomic E-state index is 12.7.